The third-order valence-corrected chi connectivity index (χ3v) is 3.06. The number of benzene rings is 1. The number of aromatic nitrogens is 1. The first-order chi connectivity index (χ1) is 9.21. The van der Waals surface area contributed by atoms with Gasteiger partial charge in [-0.25, -0.2) is 4.98 Å². The van der Waals surface area contributed by atoms with Gasteiger partial charge in [0.2, 0.25) is 5.88 Å². The molecule has 0 atom stereocenters. The lowest BCUT2D eigenvalue weighted by Crippen LogP contribution is -2.03. The van der Waals surface area contributed by atoms with Crippen LogP contribution in [0.25, 0.3) is 0 Å². The van der Waals surface area contributed by atoms with Crippen LogP contribution >= 0.6 is 11.6 Å². The van der Waals surface area contributed by atoms with E-state index < -0.39 is 0 Å². The average molecular weight is 277 g/mol. The summed E-state index contributed by atoms with van der Waals surface area (Å²) in [6.07, 6.45) is 0.866. The molecule has 0 fully saturated rings. The SMILES string of the molecule is CCc1cc(CN)cc(OCc2ccc(Cl)cc2)n1. The van der Waals surface area contributed by atoms with E-state index in [0.717, 1.165) is 28.3 Å². The summed E-state index contributed by atoms with van der Waals surface area (Å²) >= 11 is 5.84. The van der Waals surface area contributed by atoms with Crippen molar-refractivity contribution in [2.24, 2.45) is 5.73 Å². The molecule has 3 nitrogen and oxygen atoms in total. The summed E-state index contributed by atoms with van der Waals surface area (Å²) in [5.41, 5.74) is 8.76. The normalized spacial score (nSPS) is 10.5. The maximum atomic E-state index is 5.84. The van der Waals surface area contributed by atoms with Crippen LogP contribution in [0.1, 0.15) is 23.7 Å². The fourth-order valence-electron chi connectivity index (χ4n) is 1.73. The molecule has 4 heteroatoms. The molecular weight excluding hydrogens is 260 g/mol. The molecule has 2 aromatic rings. The van der Waals surface area contributed by atoms with Crippen LogP contribution in [-0.2, 0) is 19.6 Å². The van der Waals surface area contributed by atoms with Crippen molar-refractivity contribution in [1.82, 2.24) is 4.98 Å². The summed E-state index contributed by atoms with van der Waals surface area (Å²) in [4.78, 5) is 4.43. The number of halogens is 1. The zero-order chi connectivity index (χ0) is 13.7. The Morgan fingerprint density at radius 3 is 2.53 bits per heavy atom. The Morgan fingerprint density at radius 1 is 1.16 bits per heavy atom. The largest absolute Gasteiger partial charge is 0.473 e. The number of ether oxygens (including phenoxy) is 1. The Bertz CT molecular complexity index is 518. The number of rotatable bonds is 5. The first kappa shape index (κ1) is 13.8. The minimum Gasteiger partial charge on any atom is -0.473 e. The van der Waals surface area contributed by atoms with Crippen LogP contribution in [0.2, 0.25) is 5.02 Å². The number of pyridine rings is 1. The topological polar surface area (TPSA) is 48.1 Å². The molecule has 2 rings (SSSR count). The van der Waals surface area contributed by atoms with Crippen LogP contribution in [0.5, 0.6) is 5.88 Å². The van der Waals surface area contributed by atoms with Gasteiger partial charge in [0, 0.05) is 23.3 Å². The van der Waals surface area contributed by atoms with Gasteiger partial charge in [0.25, 0.3) is 0 Å². The van der Waals surface area contributed by atoms with Crippen LogP contribution in [0.15, 0.2) is 36.4 Å². The average Bonchev–Trinajstić information content (AvgIpc) is 2.46. The molecule has 0 radical (unpaired) electrons. The van der Waals surface area contributed by atoms with Gasteiger partial charge in [-0.05, 0) is 35.7 Å². The van der Waals surface area contributed by atoms with Crippen molar-refractivity contribution in [3.8, 4) is 5.88 Å². The molecular formula is C15H17ClN2O. The maximum absolute atomic E-state index is 5.84. The van der Waals surface area contributed by atoms with Crippen molar-refractivity contribution >= 4 is 11.6 Å². The molecule has 0 unspecified atom stereocenters. The Kier molecular flexibility index (Phi) is 4.77. The van der Waals surface area contributed by atoms with Gasteiger partial charge >= 0.3 is 0 Å². The number of hydrogen-bond acceptors (Lipinski definition) is 3. The molecule has 0 saturated carbocycles. The Hall–Kier alpha value is -1.58. The minimum atomic E-state index is 0.474. The molecule has 2 N–H and O–H groups in total. The van der Waals surface area contributed by atoms with E-state index in [1.807, 2.05) is 36.4 Å². The van der Waals surface area contributed by atoms with Gasteiger partial charge < -0.3 is 10.5 Å². The lowest BCUT2D eigenvalue weighted by atomic mass is 10.2. The lowest BCUT2D eigenvalue weighted by Gasteiger charge is -2.09. The molecule has 19 heavy (non-hydrogen) atoms. The van der Waals surface area contributed by atoms with E-state index in [2.05, 4.69) is 11.9 Å². The molecule has 1 heterocycles. The van der Waals surface area contributed by atoms with Crippen molar-refractivity contribution in [1.29, 1.82) is 0 Å². The van der Waals surface area contributed by atoms with E-state index >= 15 is 0 Å². The Balaban J connectivity index is 2.08. The van der Waals surface area contributed by atoms with Gasteiger partial charge in [-0.1, -0.05) is 30.7 Å². The van der Waals surface area contributed by atoms with E-state index in [-0.39, 0.29) is 0 Å². The zero-order valence-electron chi connectivity index (χ0n) is 10.9. The van der Waals surface area contributed by atoms with Crippen LogP contribution in [-0.4, -0.2) is 4.98 Å². The van der Waals surface area contributed by atoms with Gasteiger partial charge in [0.1, 0.15) is 6.61 Å². The van der Waals surface area contributed by atoms with Crippen molar-refractivity contribution < 1.29 is 4.74 Å². The molecule has 0 saturated heterocycles. The number of nitrogens with zero attached hydrogens (tertiary/aromatic N) is 1. The van der Waals surface area contributed by atoms with E-state index in [1.54, 1.807) is 0 Å². The van der Waals surface area contributed by atoms with Crippen molar-refractivity contribution in [2.75, 3.05) is 0 Å². The summed E-state index contributed by atoms with van der Waals surface area (Å²) in [5, 5.41) is 0.722. The molecule has 0 aliphatic heterocycles. The van der Waals surface area contributed by atoms with Gasteiger partial charge in [0.15, 0.2) is 0 Å². The molecule has 1 aromatic heterocycles. The lowest BCUT2D eigenvalue weighted by molar-refractivity contribution is 0.292. The molecule has 1 aromatic carbocycles. The third kappa shape index (κ3) is 3.94. The van der Waals surface area contributed by atoms with Crippen molar-refractivity contribution in [2.45, 2.75) is 26.5 Å². The van der Waals surface area contributed by atoms with E-state index in [9.17, 15) is 0 Å². The highest BCUT2D eigenvalue weighted by Gasteiger charge is 2.03. The standard InChI is InChI=1S/C15H17ClN2O/c1-2-14-7-12(9-17)8-15(18-14)19-10-11-3-5-13(16)6-4-11/h3-8H,2,9-10,17H2,1H3. The second-order valence-corrected chi connectivity index (χ2v) is 4.71. The van der Waals surface area contributed by atoms with Crippen molar-refractivity contribution in [3.63, 3.8) is 0 Å². The van der Waals surface area contributed by atoms with E-state index in [1.165, 1.54) is 0 Å². The van der Waals surface area contributed by atoms with Crippen molar-refractivity contribution in [3.05, 3.63) is 58.2 Å². The maximum Gasteiger partial charge on any atom is 0.214 e. The minimum absolute atomic E-state index is 0.474. The highest BCUT2D eigenvalue weighted by molar-refractivity contribution is 6.30. The number of hydrogen-bond donors (Lipinski definition) is 1. The summed E-state index contributed by atoms with van der Waals surface area (Å²) in [5.74, 6) is 0.620. The quantitative estimate of drug-likeness (QED) is 0.911. The summed E-state index contributed by atoms with van der Waals surface area (Å²) in [7, 11) is 0. The smallest absolute Gasteiger partial charge is 0.214 e. The van der Waals surface area contributed by atoms with Gasteiger partial charge in [0.05, 0.1) is 0 Å². The number of nitrogens with two attached hydrogens (primary N) is 1. The first-order valence-corrected chi connectivity index (χ1v) is 6.66. The van der Waals surface area contributed by atoms with Crippen LogP contribution in [0, 0.1) is 0 Å². The fraction of sp³-hybridized carbons (Fsp3) is 0.267. The van der Waals surface area contributed by atoms with Gasteiger partial charge in [-0.15, -0.1) is 0 Å². The van der Waals surface area contributed by atoms with Gasteiger partial charge in [-0.2, -0.15) is 0 Å². The molecule has 0 spiro atoms. The zero-order valence-corrected chi connectivity index (χ0v) is 11.7. The number of aryl methyl sites for hydroxylation is 1. The summed E-state index contributed by atoms with van der Waals surface area (Å²) in [6, 6.07) is 11.5. The van der Waals surface area contributed by atoms with E-state index in [4.69, 9.17) is 22.1 Å². The van der Waals surface area contributed by atoms with Gasteiger partial charge in [-0.3, -0.25) is 0 Å². The second kappa shape index (κ2) is 6.55. The first-order valence-electron chi connectivity index (χ1n) is 6.28. The predicted molar refractivity (Wildman–Crippen MR) is 77.3 cm³/mol. The Morgan fingerprint density at radius 2 is 1.89 bits per heavy atom. The molecule has 0 bridgehead atoms. The highest BCUT2D eigenvalue weighted by Crippen LogP contribution is 2.16. The Labute approximate surface area is 118 Å². The third-order valence-electron chi connectivity index (χ3n) is 2.81. The fourth-order valence-corrected chi connectivity index (χ4v) is 1.86. The molecule has 0 aliphatic carbocycles. The van der Waals surface area contributed by atoms with Crippen LogP contribution in [0.3, 0.4) is 0 Å². The van der Waals surface area contributed by atoms with E-state index in [0.29, 0.717) is 19.0 Å². The summed E-state index contributed by atoms with van der Waals surface area (Å²) < 4.78 is 5.71. The van der Waals surface area contributed by atoms with Crippen LogP contribution in [0.4, 0.5) is 0 Å². The summed E-state index contributed by atoms with van der Waals surface area (Å²) in [6.45, 7) is 3.03. The predicted octanol–water partition coefficient (Wildman–Crippen LogP) is 3.34. The monoisotopic (exact) mass is 276 g/mol. The second-order valence-electron chi connectivity index (χ2n) is 4.28. The molecule has 0 amide bonds. The highest BCUT2D eigenvalue weighted by atomic mass is 35.5. The van der Waals surface area contributed by atoms with Crippen LogP contribution < -0.4 is 10.5 Å². The molecule has 100 valence electrons. The molecule has 0 aliphatic rings.